The fourth-order valence-corrected chi connectivity index (χ4v) is 2.54. The molecule has 0 amide bonds. The van der Waals surface area contributed by atoms with Crippen molar-refractivity contribution in [3.8, 4) is 0 Å². The number of aromatic nitrogens is 2. The molecule has 0 aliphatic rings. The van der Waals surface area contributed by atoms with Crippen LogP contribution in [-0.4, -0.2) is 9.55 Å². The Hall–Kier alpha value is -2.29. The molecule has 0 saturated carbocycles. The SMILES string of the molecule is CC(C)Cn1c(NCc2ccccc2)nc2ccccc21. The van der Waals surface area contributed by atoms with Gasteiger partial charge in [-0.3, -0.25) is 0 Å². The van der Waals surface area contributed by atoms with E-state index in [1.165, 1.54) is 11.1 Å². The molecule has 1 N–H and O–H groups in total. The predicted molar refractivity (Wildman–Crippen MR) is 88.3 cm³/mol. The fraction of sp³-hybridized carbons (Fsp3) is 0.278. The second kappa shape index (κ2) is 6.00. The van der Waals surface area contributed by atoms with Crippen LogP contribution < -0.4 is 5.32 Å². The van der Waals surface area contributed by atoms with Crippen molar-refractivity contribution >= 4 is 17.0 Å². The van der Waals surface area contributed by atoms with Gasteiger partial charge in [0.1, 0.15) is 0 Å². The molecule has 0 saturated heterocycles. The van der Waals surface area contributed by atoms with Crippen molar-refractivity contribution in [2.24, 2.45) is 5.92 Å². The Morgan fingerprint density at radius 3 is 2.48 bits per heavy atom. The molecule has 0 spiro atoms. The van der Waals surface area contributed by atoms with E-state index >= 15 is 0 Å². The van der Waals surface area contributed by atoms with Gasteiger partial charge in [0.15, 0.2) is 0 Å². The minimum absolute atomic E-state index is 0.583. The van der Waals surface area contributed by atoms with Crippen LogP contribution in [0, 0.1) is 5.92 Å². The summed E-state index contributed by atoms with van der Waals surface area (Å²) in [6.45, 7) is 6.23. The first-order chi connectivity index (χ1) is 10.2. The molecule has 3 aromatic rings. The highest BCUT2D eigenvalue weighted by molar-refractivity contribution is 5.78. The molecule has 3 rings (SSSR count). The number of imidazole rings is 1. The van der Waals surface area contributed by atoms with E-state index in [2.05, 4.69) is 66.2 Å². The predicted octanol–water partition coefficient (Wildman–Crippen LogP) is 4.30. The van der Waals surface area contributed by atoms with Gasteiger partial charge in [0.05, 0.1) is 11.0 Å². The van der Waals surface area contributed by atoms with Crippen molar-refractivity contribution < 1.29 is 0 Å². The molecule has 21 heavy (non-hydrogen) atoms. The average molecular weight is 279 g/mol. The number of nitrogens with one attached hydrogen (secondary N) is 1. The highest BCUT2D eigenvalue weighted by Crippen LogP contribution is 2.21. The summed E-state index contributed by atoms with van der Waals surface area (Å²) < 4.78 is 2.28. The van der Waals surface area contributed by atoms with Crippen molar-refractivity contribution in [1.29, 1.82) is 0 Å². The van der Waals surface area contributed by atoms with Gasteiger partial charge in [0.2, 0.25) is 5.95 Å². The van der Waals surface area contributed by atoms with Crippen LogP contribution in [0.1, 0.15) is 19.4 Å². The van der Waals surface area contributed by atoms with E-state index in [4.69, 9.17) is 4.98 Å². The Bertz CT molecular complexity index is 714. The molecule has 0 aliphatic heterocycles. The first-order valence-electron chi connectivity index (χ1n) is 7.47. The number of anilines is 1. The summed E-state index contributed by atoms with van der Waals surface area (Å²) in [5.41, 5.74) is 3.51. The van der Waals surface area contributed by atoms with E-state index in [9.17, 15) is 0 Å². The molecule has 0 fully saturated rings. The molecular formula is C18H21N3. The van der Waals surface area contributed by atoms with E-state index in [-0.39, 0.29) is 0 Å². The minimum Gasteiger partial charge on any atom is -0.352 e. The maximum Gasteiger partial charge on any atom is 0.204 e. The zero-order valence-electron chi connectivity index (χ0n) is 12.6. The standard InChI is InChI=1S/C18H21N3/c1-14(2)13-21-17-11-7-6-10-16(17)20-18(21)19-12-15-8-4-3-5-9-15/h3-11,14H,12-13H2,1-2H3,(H,19,20). The monoisotopic (exact) mass is 279 g/mol. The zero-order chi connectivity index (χ0) is 14.7. The third-order valence-corrected chi connectivity index (χ3v) is 3.50. The molecule has 3 heteroatoms. The first kappa shape index (κ1) is 13.7. The third kappa shape index (κ3) is 3.07. The van der Waals surface area contributed by atoms with E-state index in [0.717, 1.165) is 24.6 Å². The summed E-state index contributed by atoms with van der Waals surface area (Å²) >= 11 is 0. The molecule has 1 aromatic heterocycles. The molecule has 0 radical (unpaired) electrons. The maximum atomic E-state index is 4.73. The van der Waals surface area contributed by atoms with Gasteiger partial charge in [-0.2, -0.15) is 0 Å². The van der Waals surface area contributed by atoms with Crippen LogP contribution in [0.2, 0.25) is 0 Å². The molecule has 0 atom stereocenters. The summed E-state index contributed by atoms with van der Waals surface area (Å²) in [5.74, 6) is 1.54. The van der Waals surface area contributed by atoms with Crippen LogP contribution in [0.3, 0.4) is 0 Å². The molecule has 2 aromatic carbocycles. The van der Waals surface area contributed by atoms with Gasteiger partial charge in [-0.25, -0.2) is 4.98 Å². The third-order valence-electron chi connectivity index (χ3n) is 3.50. The highest BCUT2D eigenvalue weighted by Gasteiger charge is 2.11. The number of fused-ring (bicyclic) bond motifs is 1. The quantitative estimate of drug-likeness (QED) is 0.754. The lowest BCUT2D eigenvalue weighted by molar-refractivity contribution is 0.536. The zero-order valence-corrected chi connectivity index (χ0v) is 12.6. The number of hydrogen-bond donors (Lipinski definition) is 1. The number of hydrogen-bond acceptors (Lipinski definition) is 2. The Labute approximate surface area is 125 Å². The van der Waals surface area contributed by atoms with Crippen molar-refractivity contribution in [1.82, 2.24) is 9.55 Å². The van der Waals surface area contributed by atoms with Crippen molar-refractivity contribution in [3.05, 3.63) is 60.2 Å². The Morgan fingerprint density at radius 1 is 1.00 bits per heavy atom. The summed E-state index contributed by atoms with van der Waals surface area (Å²) in [4.78, 5) is 4.73. The van der Waals surface area contributed by atoms with Gasteiger partial charge < -0.3 is 9.88 Å². The highest BCUT2D eigenvalue weighted by atomic mass is 15.2. The normalized spacial score (nSPS) is 11.2. The van der Waals surface area contributed by atoms with Gasteiger partial charge in [-0.05, 0) is 23.6 Å². The molecule has 0 unspecified atom stereocenters. The van der Waals surface area contributed by atoms with Crippen LogP contribution in [0.25, 0.3) is 11.0 Å². The summed E-state index contributed by atoms with van der Waals surface area (Å²) in [6.07, 6.45) is 0. The minimum atomic E-state index is 0.583. The van der Waals surface area contributed by atoms with Crippen LogP contribution in [0.15, 0.2) is 54.6 Å². The van der Waals surface area contributed by atoms with Gasteiger partial charge in [0, 0.05) is 13.1 Å². The summed E-state index contributed by atoms with van der Waals surface area (Å²) in [5, 5.41) is 3.48. The second-order valence-electron chi connectivity index (χ2n) is 5.77. The van der Waals surface area contributed by atoms with E-state index in [1.807, 2.05) is 12.1 Å². The largest absolute Gasteiger partial charge is 0.352 e. The van der Waals surface area contributed by atoms with Crippen LogP contribution >= 0.6 is 0 Å². The van der Waals surface area contributed by atoms with E-state index < -0.39 is 0 Å². The number of rotatable bonds is 5. The molecule has 0 bridgehead atoms. The maximum absolute atomic E-state index is 4.73. The molecule has 3 nitrogen and oxygen atoms in total. The van der Waals surface area contributed by atoms with E-state index in [1.54, 1.807) is 0 Å². The molecule has 1 heterocycles. The summed E-state index contributed by atoms with van der Waals surface area (Å²) in [6, 6.07) is 18.7. The smallest absolute Gasteiger partial charge is 0.204 e. The Balaban J connectivity index is 1.89. The van der Waals surface area contributed by atoms with Gasteiger partial charge in [-0.15, -0.1) is 0 Å². The summed E-state index contributed by atoms with van der Waals surface area (Å²) in [7, 11) is 0. The number of nitrogens with zero attached hydrogens (tertiary/aromatic N) is 2. The molecule has 0 aliphatic carbocycles. The second-order valence-corrected chi connectivity index (χ2v) is 5.77. The van der Waals surface area contributed by atoms with Crippen molar-refractivity contribution in [2.75, 3.05) is 5.32 Å². The lowest BCUT2D eigenvalue weighted by atomic mass is 10.2. The number of benzene rings is 2. The van der Waals surface area contributed by atoms with E-state index in [0.29, 0.717) is 5.92 Å². The topological polar surface area (TPSA) is 29.9 Å². The van der Waals surface area contributed by atoms with Gasteiger partial charge in [-0.1, -0.05) is 56.3 Å². The molecular weight excluding hydrogens is 258 g/mol. The Morgan fingerprint density at radius 2 is 1.71 bits per heavy atom. The van der Waals surface area contributed by atoms with Gasteiger partial charge in [0.25, 0.3) is 0 Å². The fourth-order valence-electron chi connectivity index (χ4n) is 2.54. The Kier molecular flexibility index (Phi) is 3.91. The van der Waals surface area contributed by atoms with Crippen molar-refractivity contribution in [3.63, 3.8) is 0 Å². The molecule has 108 valence electrons. The lowest BCUT2D eigenvalue weighted by Crippen LogP contribution is -2.10. The van der Waals surface area contributed by atoms with Crippen LogP contribution in [-0.2, 0) is 13.1 Å². The van der Waals surface area contributed by atoms with Crippen molar-refractivity contribution in [2.45, 2.75) is 26.9 Å². The van der Waals surface area contributed by atoms with Crippen LogP contribution in [0.5, 0.6) is 0 Å². The average Bonchev–Trinajstić information content (AvgIpc) is 2.84. The lowest BCUT2D eigenvalue weighted by Gasteiger charge is -2.13. The first-order valence-corrected chi connectivity index (χ1v) is 7.47. The number of para-hydroxylation sites is 2. The van der Waals surface area contributed by atoms with Crippen LogP contribution in [0.4, 0.5) is 5.95 Å². The van der Waals surface area contributed by atoms with Gasteiger partial charge >= 0.3 is 0 Å².